The normalized spacial score (nSPS) is 21.3. The maximum Gasteiger partial charge on any atom is 0.319 e. The minimum atomic E-state index is -0.297. The number of anilines is 2. The van der Waals surface area contributed by atoms with Gasteiger partial charge >= 0.3 is 6.03 Å². The summed E-state index contributed by atoms with van der Waals surface area (Å²) in [4.78, 5) is 18.8. The summed E-state index contributed by atoms with van der Waals surface area (Å²) in [6.45, 7) is 9.49. The molecule has 2 aromatic rings. The maximum atomic E-state index is 12.2. The number of urea groups is 1. The van der Waals surface area contributed by atoms with Crippen LogP contribution < -0.4 is 15.5 Å². The fourth-order valence-corrected chi connectivity index (χ4v) is 3.13. The average Bonchev–Trinajstić information content (AvgIpc) is 3.01. The zero-order chi connectivity index (χ0) is 18.7. The van der Waals surface area contributed by atoms with Gasteiger partial charge < -0.3 is 24.7 Å². The molecule has 2 N–H and O–H groups in total. The molecule has 3 heterocycles. The van der Waals surface area contributed by atoms with Crippen LogP contribution in [-0.2, 0) is 4.74 Å². The summed E-state index contributed by atoms with van der Waals surface area (Å²) in [6, 6.07) is 7.00. The third-order valence-electron chi connectivity index (χ3n) is 4.28. The molecule has 1 aliphatic rings. The second-order valence-electron chi connectivity index (χ2n) is 6.84. The van der Waals surface area contributed by atoms with Gasteiger partial charge in [-0.3, -0.25) is 0 Å². The van der Waals surface area contributed by atoms with Crippen molar-refractivity contribution >= 4 is 17.5 Å². The van der Waals surface area contributed by atoms with E-state index < -0.39 is 0 Å². The predicted molar refractivity (Wildman–Crippen MR) is 100 cm³/mol. The molecule has 7 nitrogen and oxygen atoms in total. The summed E-state index contributed by atoms with van der Waals surface area (Å²) in [5.41, 5.74) is 0.642. The lowest BCUT2D eigenvalue weighted by atomic mass is 10.2. The Morgan fingerprint density at radius 1 is 1.23 bits per heavy atom. The van der Waals surface area contributed by atoms with Gasteiger partial charge in [-0.15, -0.1) is 0 Å². The second-order valence-corrected chi connectivity index (χ2v) is 6.84. The minimum Gasteiger partial charge on any atom is -0.464 e. The first kappa shape index (κ1) is 18.3. The molecule has 3 rings (SSSR count). The van der Waals surface area contributed by atoms with Crippen LogP contribution in [0.5, 0.6) is 0 Å². The molecule has 0 spiro atoms. The lowest BCUT2D eigenvalue weighted by molar-refractivity contribution is -0.00545. The number of ether oxygens (including phenoxy) is 1. The van der Waals surface area contributed by atoms with Crippen molar-refractivity contribution < 1.29 is 13.9 Å². The summed E-state index contributed by atoms with van der Waals surface area (Å²) in [7, 11) is 0. The Bertz CT molecular complexity index is 733. The topological polar surface area (TPSA) is 79.6 Å². The predicted octanol–water partition coefficient (Wildman–Crippen LogP) is 3.48. The molecule has 0 aliphatic carbocycles. The van der Waals surface area contributed by atoms with Gasteiger partial charge in [-0.25, -0.2) is 9.78 Å². The minimum absolute atomic E-state index is 0.177. The van der Waals surface area contributed by atoms with E-state index in [4.69, 9.17) is 9.15 Å². The fourth-order valence-electron chi connectivity index (χ4n) is 3.13. The van der Waals surface area contributed by atoms with E-state index in [2.05, 4.69) is 34.4 Å². The highest BCUT2D eigenvalue weighted by molar-refractivity contribution is 5.89. The van der Waals surface area contributed by atoms with E-state index in [1.165, 1.54) is 0 Å². The summed E-state index contributed by atoms with van der Waals surface area (Å²) < 4.78 is 11.3. The van der Waals surface area contributed by atoms with Gasteiger partial charge in [0.15, 0.2) is 0 Å². The van der Waals surface area contributed by atoms with Gasteiger partial charge in [0.1, 0.15) is 17.3 Å². The highest BCUT2D eigenvalue weighted by atomic mass is 16.5. The van der Waals surface area contributed by atoms with Crippen LogP contribution in [0.2, 0.25) is 0 Å². The Hall–Kier alpha value is -2.54. The molecular weight excluding hydrogens is 332 g/mol. The number of nitrogens with zero attached hydrogens (tertiary/aromatic N) is 2. The van der Waals surface area contributed by atoms with Crippen molar-refractivity contribution in [2.75, 3.05) is 23.3 Å². The van der Waals surface area contributed by atoms with Gasteiger partial charge in [-0.1, -0.05) is 0 Å². The van der Waals surface area contributed by atoms with Crippen molar-refractivity contribution in [3.8, 4) is 0 Å². The van der Waals surface area contributed by atoms with Crippen molar-refractivity contribution in [2.45, 2.75) is 45.9 Å². The van der Waals surface area contributed by atoms with Crippen molar-refractivity contribution in [1.82, 2.24) is 10.3 Å². The molecule has 0 saturated carbocycles. The van der Waals surface area contributed by atoms with Crippen LogP contribution in [0.1, 0.15) is 38.3 Å². The molecule has 2 amide bonds. The van der Waals surface area contributed by atoms with E-state index in [1.807, 2.05) is 38.1 Å². The molecule has 140 valence electrons. The van der Waals surface area contributed by atoms with Crippen LogP contribution in [-0.4, -0.2) is 36.3 Å². The van der Waals surface area contributed by atoms with E-state index in [0.717, 1.165) is 30.4 Å². The third kappa shape index (κ3) is 4.54. The zero-order valence-corrected chi connectivity index (χ0v) is 15.7. The van der Waals surface area contributed by atoms with E-state index in [0.29, 0.717) is 5.69 Å². The summed E-state index contributed by atoms with van der Waals surface area (Å²) in [5, 5.41) is 5.65. The molecule has 3 unspecified atom stereocenters. The monoisotopic (exact) mass is 358 g/mol. The Labute approximate surface area is 153 Å². The molecule has 0 radical (unpaired) electrons. The standard InChI is InChI=1S/C19H26N4O3/c1-12-5-7-17(26-12)15(4)21-19(24)22-16-6-8-18(20-9-16)23-10-13(2)25-14(3)11-23/h5-9,13-15H,10-11H2,1-4H3,(H2,21,22,24). The van der Waals surface area contributed by atoms with Crippen LogP contribution >= 0.6 is 0 Å². The van der Waals surface area contributed by atoms with E-state index in [1.54, 1.807) is 6.20 Å². The second kappa shape index (κ2) is 7.78. The number of nitrogens with one attached hydrogen (secondary N) is 2. The number of carbonyl (C=O) groups is 1. The Morgan fingerprint density at radius 2 is 1.96 bits per heavy atom. The number of aryl methyl sites for hydroxylation is 1. The highest BCUT2D eigenvalue weighted by Gasteiger charge is 2.23. The molecular formula is C19H26N4O3. The van der Waals surface area contributed by atoms with Crippen molar-refractivity contribution in [3.05, 3.63) is 42.0 Å². The van der Waals surface area contributed by atoms with Gasteiger partial charge in [0.2, 0.25) is 0 Å². The number of morpholine rings is 1. The summed E-state index contributed by atoms with van der Waals surface area (Å²) in [5.74, 6) is 2.43. The smallest absolute Gasteiger partial charge is 0.319 e. The van der Waals surface area contributed by atoms with Gasteiger partial charge in [0.25, 0.3) is 0 Å². The molecule has 1 saturated heterocycles. The molecule has 2 aromatic heterocycles. The first-order valence-electron chi connectivity index (χ1n) is 8.91. The van der Waals surface area contributed by atoms with E-state index in [-0.39, 0.29) is 24.3 Å². The van der Waals surface area contributed by atoms with E-state index in [9.17, 15) is 4.79 Å². The SMILES string of the molecule is Cc1ccc(C(C)NC(=O)Nc2ccc(N3CC(C)OC(C)C3)nc2)o1. The third-order valence-corrected chi connectivity index (χ3v) is 4.28. The average molecular weight is 358 g/mol. The Kier molecular flexibility index (Phi) is 5.46. The van der Waals surface area contributed by atoms with Crippen molar-refractivity contribution in [3.63, 3.8) is 0 Å². The summed E-state index contributed by atoms with van der Waals surface area (Å²) >= 11 is 0. The summed E-state index contributed by atoms with van der Waals surface area (Å²) in [6.07, 6.45) is 2.02. The van der Waals surface area contributed by atoms with Gasteiger partial charge in [-0.05, 0) is 52.0 Å². The molecule has 26 heavy (non-hydrogen) atoms. The largest absolute Gasteiger partial charge is 0.464 e. The van der Waals surface area contributed by atoms with Crippen LogP contribution in [0, 0.1) is 6.92 Å². The van der Waals surface area contributed by atoms with Crippen molar-refractivity contribution in [2.24, 2.45) is 0 Å². The van der Waals surface area contributed by atoms with Crippen LogP contribution in [0.3, 0.4) is 0 Å². The number of hydrogen-bond donors (Lipinski definition) is 2. The molecule has 1 aliphatic heterocycles. The lowest BCUT2D eigenvalue weighted by Gasteiger charge is -2.36. The quantitative estimate of drug-likeness (QED) is 0.875. The lowest BCUT2D eigenvalue weighted by Crippen LogP contribution is -2.45. The molecule has 1 fully saturated rings. The first-order chi connectivity index (χ1) is 12.4. The number of furan rings is 1. The number of hydrogen-bond acceptors (Lipinski definition) is 5. The Balaban J connectivity index is 1.56. The number of rotatable bonds is 4. The number of amides is 2. The molecule has 0 bridgehead atoms. The zero-order valence-electron chi connectivity index (χ0n) is 15.7. The molecule has 0 aromatic carbocycles. The van der Waals surface area contributed by atoms with Crippen LogP contribution in [0.25, 0.3) is 0 Å². The van der Waals surface area contributed by atoms with Crippen LogP contribution in [0.4, 0.5) is 16.3 Å². The van der Waals surface area contributed by atoms with Crippen molar-refractivity contribution in [1.29, 1.82) is 0 Å². The number of pyridine rings is 1. The fraction of sp³-hybridized carbons (Fsp3) is 0.474. The van der Waals surface area contributed by atoms with Crippen LogP contribution in [0.15, 0.2) is 34.9 Å². The maximum absolute atomic E-state index is 12.2. The highest BCUT2D eigenvalue weighted by Crippen LogP contribution is 2.20. The van der Waals surface area contributed by atoms with Gasteiger partial charge in [-0.2, -0.15) is 0 Å². The first-order valence-corrected chi connectivity index (χ1v) is 8.91. The van der Waals surface area contributed by atoms with Gasteiger partial charge in [0, 0.05) is 13.1 Å². The van der Waals surface area contributed by atoms with E-state index >= 15 is 0 Å². The van der Waals surface area contributed by atoms with Gasteiger partial charge in [0.05, 0.1) is 30.1 Å². The Morgan fingerprint density at radius 3 is 2.54 bits per heavy atom. The molecule has 7 heteroatoms. The number of aromatic nitrogens is 1. The number of carbonyl (C=O) groups excluding carboxylic acids is 1. The molecule has 3 atom stereocenters.